The van der Waals surface area contributed by atoms with E-state index in [-0.39, 0.29) is 37.1 Å². The molecule has 13 heteroatoms. The van der Waals surface area contributed by atoms with Gasteiger partial charge in [-0.25, -0.2) is 15.0 Å². The fraction of sp³-hybridized carbons (Fsp3) is 0.500. The molecule has 3 aromatic rings. The van der Waals surface area contributed by atoms with Gasteiger partial charge in [-0.1, -0.05) is 0 Å². The van der Waals surface area contributed by atoms with Gasteiger partial charge in [0.1, 0.15) is 23.3 Å². The molecule has 3 aromatic heterocycles. The number of H-pyrrole nitrogens is 1. The summed E-state index contributed by atoms with van der Waals surface area (Å²) in [5.74, 6) is -0.577. The normalized spacial score (nSPS) is 20.9. The van der Waals surface area contributed by atoms with E-state index in [1.54, 1.807) is 11.0 Å². The fourth-order valence-electron chi connectivity index (χ4n) is 4.40. The van der Waals surface area contributed by atoms with Crippen LogP contribution in [-0.4, -0.2) is 79.8 Å². The van der Waals surface area contributed by atoms with Crippen molar-refractivity contribution in [3.8, 4) is 5.75 Å². The van der Waals surface area contributed by atoms with Gasteiger partial charge in [0, 0.05) is 36.7 Å². The van der Waals surface area contributed by atoms with Gasteiger partial charge in [-0.2, -0.15) is 5.10 Å². The van der Waals surface area contributed by atoms with Crippen molar-refractivity contribution in [1.29, 1.82) is 0 Å². The predicted octanol–water partition coefficient (Wildman–Crippen LogP) is 2.53. The Morgan fingerprint density at radius 2 is 2.03 bits per heavy atom. The Balaban J connectivity index is 1.38. The van der Waals surface area contributed by atoms with Gasteiger partial charge < -0.3 is 19.5 Å². The Labute approximate surface area is 197 Å². The van der Waals surface area contributed by atoms with E-state index in [1.807, 2.05) is 0 Å². The maximum absolute atomic E-state index is 13.1. The maximum atomic E-state index is 13.1. The van der Waals surface area contributed by atoms with Crippen LogP contribution in [0.15, 0.2) is 24.7 Å². The van der Waals surface area contributed by atoms with E-state index >= 15 is 0 Å². The molecule has 10 nitrogen and oxygen atoms in total. The minimum Gasteiger partial charge on any atom is -0.404 e. The van der Waals surface area contributed by atoms with Gasteiger partial charge in [-0.15, -0.1) is 13.2 Å². The van der Waals surface area contributed by atoms with Crippen molar-refractivity contribution in [2.75, 3.05) is 26.3 Å². The zero-order chi connectivity index (χ0) is 24.6. The van der Waals surface area contributed by atoms with Crippen molar-refractivity contribution in [3.63, 3.8) is 0 Å². The van der Waals surface area contributed by atoms with E-state index in [2.05, 4.69) is 29.9 Å². The number of nitrogens with zero attached hydrogens (tertiary/aromatic N) is 5. The number of aliphatic hydroxyl groups is 1. The Morgan fingerprint density at radius 1 is 1.20 bits per heavy atom. The molecule has 1 amide bonds. The first-order valence-electron chi connectivity index (χ1n) is 11.3. The Hall–Kier alpha value is -3.32. The summed E-state index contributed by atoms with van der Waals surface area (Å²) < 4.78 is 47.6. The summed E-state index contributed by atoms with van der Waals surface area (Å²) in [6.07, 6.45) is -0.502. The average Bonchev–Trinajstić information content (AvgIpc) is 3.57. The molecule has 0 bridgehead atoms. The summed E-state index contributed by atoms with van der Waals surface area (Å²) in [6, 6.07) is 2.94. The number of pyridine rings is 1. The average molecular weight is 492 g/mol. The van der Waals surface area contributed by atoms with Crippen LogP contribution in [-0.2, 0) is 4.74 Å². The van der Waals surface area contributed by atoms with Gasteiger partial charge in [0.2, 0.25) is 0 Å². The number of halogens is 3. The molecule has 2 atom stereocenters. The number of alkyl halides is 3. The first-order chi connectivity index (χ1) is 16.8. The molecule has 1 saturated heterocycles. The summed E-state index contributed by atoms with van der Waals surface area (Å²) >= 11 is 0. The van der Waals surface area contributed by atoms with E-state index < -0.39 is 18.2 Å². The molecule has 0 radical (unpaired) electrons. The second-order valence-corrected chi connectivity index (χ2v) is 8.61. The molecule has 1 aliphatic heterocycles. The number of nitrogens with one attached hydrogen (secondary N) is 1. The number of carbonyl (C=O) groups excluding carboxylic acids is 1. The zero-order valence-corrected chi connectivity index (χ0v) is 18.5. The monoisotopic (exact) mass is 492 g/mol. The molecular weight excluding hydrogens is 469 g/mol. The molecule has 2 aliphatic rings. The van der Waals surface area contributed by atoms with Crippen LogP contribution in [0.5, 0.6) is 5.75 Å². The van der Waals surface area contributed by atoms with Gasteiger partial charge in [0.15, 0.2) is 0 Å². The summed E-state index contributed by atoms with van der Waals surface area (Å²) in [7, 11) is 0. The van der Waals surface area contributed by atoms with E-state index in [1.165, 1.54) is 6.33 Å². The molecule has 35 heavy (non-hydrogen) atoms. The fourth-order valence-corrected chi connectivity index (χ4v) is 4.40. The quantitative estimate of drug-likeness (QED) is 0.515. The van der Waals surface area contributed by atoms with E-state index in [0.29, 0.717) is 35.8 Å². The third-order valence-corrected chi connectivity index (χ3v) is 6.17. The highest BCUT2D eigenvalue weighted by Crippen LogP contribution is 2.39. The number of amides is 1. The largest absolute Gasteiger partial charge is 0.573 e. The van der Waals surface area contributed by atoms with Crippen LogP contribution in [0.4, 0.5) is 13.2 Å². The molecular formula is C22H23F3N6O4. The number of aromatic amines is 1. The smallest absolute Gasteiger partial charge is 0.404 e. The van der Waals surface area contributed by atoms with Crippen LogP contribution in [0.2, 0.25) is 0 Å². The van der Waals surface area contributed by atoms with Crippen molar-refractivity contribution < 1.29 is 32.5 Å². The minimum atomic E-state index is -4.85. The Bertz CT molecular complexity index is 1220. The zero-order valence-electron chi connectivity index (χ0n) is 18.5. The SMILES string of the molecule is O=C(c1cc(C2CC2)[nH]n1)N1CCC(c2ncnc3cc(OC(F)(F)F)cnc23)C(OCCO)C1. The highest BCUT2D eigenvalue weighted by molar-refractivity contribution is 5.92. The molecule has 0 spiro atoms. The van der Waals surface area contributed by atoms with Gasteiger partial charge in [-0.05, 0) is 25.3 Å². The lowest BCUT2D eigenvalue weighted by Crippen LogP contribution is -2.47. The van der Waals surface area contributed by atoms with Crippen LogP contribution in [0.3, 0.4) is 0 Å². The first-order valence-corrected chi connectivity index (χ1v) is 11.3. The van der Waals surface area contributed by atoms with Crippen LogP contribution in [0, 0.1) is 0 Å². The summed E-state index contributed by atoms with van der Waals surface area (Å²) in [5.41, 5.74) is 2.33. The maximum Gasteiger partial charge on any atom is 0.573 e. The van der Waals surface area contributed by atoms with Crippen molar-refractivity contribution >= 4 is 16.9 Å². The number of hydrogen-bond acceptors (Lipinski definition) is 8. The molecule has 2 fully saturated rings. The number of piperidine rings is 1. The molecule has 5 rings (SSSR count). The third kappa shape index (κ3) is 5.20. The van der Waals surface area contributed by atoms with E-state index in [4.69, 9.17) is 4.74 Å². The lowest BCUT2D eigenvalue weighted by molar-refractivity contribution is -0.274. The number of carbonyl (C=O) groups is 1. The van der Waals surface area contributed by atoms with Crippen molar-refractivity contribution in [3.05, 3.63) is 41.7 Å². The number of ether oxygens (including phenoxy) is 2. The number of aromatic nitrogens is 5. The van der Waals surface area contributed by atoms with Crippen molar-refractivity contribution in [2.24, 2.45) is 0 Å². The number of fused-ring (bicyclic) bond motifs is 1. The standard InChI is InChI=1S/C22H23F3N6O4/c23-22(24,25)35-13-7-16-20(26-9-13)19(28-11-27-16)14-3-4-31(10-18(14)34-6-5-32)21(33)17-8-15(29-30-17)12-1-2-12/h7-9,11-12,14,18,32H,1-6,10H2,(H,29,30). The highest BCUT2D eigenvalue weighted by atomic mass is 19.4. The predicted molar refractivity (Wildman–Crippen MR) is 115 cm³/mol. The summed E-state index contributed by atoms with van der Waals surface area (Å²) in [5, 5.41) is 16.4. The van der Waals surface area contributed by atoms with Crippen molar-refractivity contribution in [1.82, 2.24) is 30.0 Å². The second kappa shape index (κ2) is 9.38. The molecule has 0 aromatic carbocycles. The van der Waals surface area contributed by atoms with Gasteiger partial charge >= 0.3 is 6.36 Å². The third-order valence-electron chi connectivity index (χ3n) is 6.17. The Kier molecular flexibility index (Phi) is 6.28. The number of hydrogen-bond donors (Lipinski definition) is 2. The number of rotatable bonds is 7. The lowest BCUT2D eigenvalue weighted by Gasteiger charge is -2.38. The summed E-state index contributed by atoms with van der Waals surface area (Å²) in [4.78, 5) is 27.3. The molecule has 1 saturated carbocycles. The number of aliphatic hydroxyl groups excluding tert-OH is 1. The Morgan fingerprint density at radius 3 is 2.77 bits per heavy atom. The highest BCUT2D eigenvalue weighted by Gasteiger charge is 2.37. The molecule has 2 N–H and O–H groups in total. The van der Waals surface area contributed by atoms with Crippen LogP contribution in [0.25, 0.3) is 11.0 Å². The van der Waals surface area contributed by atoms with Crippen LogP contribution < -0.4 is 4.74 Å². The minimum absolute atomic E-state index is 0.0530. The topological polar surface area (TPSA) is 126 Å². The van der Waals surface area contributed by atoms with E-state index in [9.17, 15) is 23.1 Å². The molecule has 4 heterocycles. The van der Waals surface area contributed by atoms with Gasteiger partial charge in [0.05, 0.1) is 36.7 Å². The first kappa shape index (κ1) is 23.4. The van der Waals surface area contributed by atoms with Gasteiger partial charge in [-0.3, -0.25) is 9.89 Å². The summed E-state index contributed by atoms with van der Waals surface area (Å²) in [6.45, 7) is 0.477. The molecule has 186 valence electrons. The van der Waals surface area contributed by atoms with Crippen LogP contribution in [0.1, 0.15) is 53.0 Å². The number of likely N-dealkylation sites (tertiary alicyclic amines) is 1. The molecule has 2 unspecified atom stereocenters. The van der Waals surface area contributed by atoms with Crippen molar-refractivity contribution in [2.45, 2.75) is 43.6 Å². The van der Waals surface area contributed by atoms with E-state index in [0.717, 1.165) is 30.8 Å². The van der Waals surface area contributed by atoms with Gasteiger partial charge in [0.25, 0.3) is 5.91 Å². The molecule has 1 aliphatic carbocycles. The second-order valence-electron chi connectivity index (χ2n) is 8.61. The van der Waals surface area contributed by atoms with Crippen LogP contribution >= 0.6 is 0 Å². The lowest BCUT2D eigenvalue weighted by atomic mass is 9.89.